The molecule has 0 radical (unpaired) electrons. The summed E-state index contributed by atoms with van der Waals surface area (Å²) in [6, 6.07) is 4.75. The summed E-state index contributed by atoms with van der Waals surface area (Å²) >= 11 is 0. The lowest BCUT2D eigenvalue weighted by Gasteiger charge is -2.23. The van der Waals surface area contributed by atoms with E-state index in [0.717, 1.165) is 0 Å². The summed E-state index contributed by atoms with van der Waals surface area (Å²) in [6.07, 6.45) is -0.177. The van der Waals surface area contributed by atoms with Gasteiger partial charge < -0.3 is 15.1 Å². The highest BCUT2D eigenvalue weighted by atomic mass is 16.6. The minimum absolute atomic E-state index is 0.0156. The summed E-state index contributed by atoms with van der Waals surface area (Å²) in [5.74, 6) is 0. The zero-order valence-corrected chi connectivity index (χ0v) is 11.2. The maximum absolute atomic E-state index is 11.1. The molecule has 0 unspecified atom stereocenters. The zero-order valence-electron chi connectivity index (χ0n) is 11.2. The predicted molar refractivity (Wildman–Crippen MR) is 73.3 cm³/mol. The van der Waals surface area contributed by atoms with E-state index in [1.165, 1.54) is 6.07 Å². The Balaban J connectivity index is 3.14. The number of aliphatic hydroxyl groups excluding tert-OH is 2. The lowest BCUT2D eigenvalue weighted by atomic mass is 10.1. The number of nitro benzene ring substituents is 1. The molecule has 0 aromatic heterocycles. The van der Waals surface area contributed by atoms with Crippen LogP contribution in [0.25, 0.3) is 0 Å². The molecule has 0 aliphatic rings. The predicted octanol–water partition coefficient (Wildman–Crippen LogP) is 1.86. The van der Waals surface area contributed by atoms with Crippen molar-refractivity contribution in [1.82, 2.24) is 0 Å². The molecule has 0 bridgehead atoms. The van der Waals surface area contributed by atoms with E-state index in [-0.39, 0.29) is 12.3 Å². The quantitative estimate of drug-likeness (QED) is 0.582. The van der Waals surface area contributed by atoms with E-state index < -0.39 is 11.0 Å². The van der Waals surface area contributed by atoms with Crippen molar-refractivity contribution in [2.24, 2.45) is 0 Å². The van der Waals surface area contributed by atoms with Gasteiger partial charge in [0.25, 0.3) is 5.69 Å². The molecule has 1 aromatic rings. The summed E-state index contributed by atoms with van der Waals surface area (Å²) in [4.78, 5) is 12.5. The fourth-order valence-electron chi connectivity index (χ4n) is 1.92. The van der Waals surface area contributed by atoms with Gasteiger partial charge in [-0.15, -0.1) is 0 Å². The minimum atomic E-state index is -0.736. The highest BCUT2D eigenvalue weighted by Crippen LogP contribution is 2.31. The van der Waals surface area contributed by atoms with Gasteiger partial charge in [0, 0.05) is 25.8 Å². The third-order valence-electron chi connectivity index (χ3n) is 2.99. The number of nitro groups is 1. The van der Waals surface area contributed by atoms with Crippen LogP contribution in [0.3, 0.4) is 0 Å². The zero-order chi connectivity index (χ0) is 14.4. The SMILES string of the molecule is CCN(CCCO)c1ccc([C@H](C)O)cc1[N+](=O)[O-]. The third-order valence-corrected chi connectivity index (χ3v) is 2.99. The molecule has 2 N–H and O–H groups in total. The fourth-order valence-corrected chi connectivity index (χ4v) is 1.92. The van der Waals surface area contributed by atoms with Crippen LogP contribution in [0.4, 0.5) is 11.4 Å². The lowest BCUT2D eigenvalue weighted by Crippen LogP contribution is -2.25. The van der Waals surface area contributed by atoms with Crippen LogP contribution >= 0.6 is 0 Å². The minimum Gasteiger partial charge on any atom is -0.396 e. The molecule has 0 aliphatic heterocycles. The summed E-state index contributed by atoms with van der Waals surface area (Å²) < 4.78 is 0. The summed E-state index contributed by atoms with van der Waals surface area (Å²) in [5.41, 5.74) is 1.03. The highest BCUT2D eigenvalue weighted by molar-refractivity contribution is 5.64. The van der Waals surface area contributed by atoms with Crippen molar-refractivity contribution >= 4 is 11.4 Å². The van der Waals surface area contributed by atoms with Gasteiger partial charge in [0.2, 0.25) is 0 Å². The molecule has 0 heterocycles. The number of rotatable bonds is 7. The average molecular weight is 268 g/mol. The molecule has 0 saturated heterocycles. The monoisotopic (exact) mass is 268 g/mol. The largest absolute Gasteiger partial charge is 0.396 e. The molecule has 0 spiro atoms. The number of nitrogens with zero attached hydrogens (tertiary/aromatic N) is 2. The van der Waals surface area contributed by atoms with Crippen LogP contribution in [0.15, 0.2) is 18.2 Å². The Bertz CT molecular complexity index is 435. The Labute approximate surface area is 112 Å². The molecule has 1 rings (SSSR count). The molecule has 0 saturated carbocycles. The smallest absolute Gasteiger partial charge is 0.292 e. The van der Waals surface area contributed by atoms with Crippen molar-refractivity contribution in [3.05, 3.63) is 33.9 Å². The van der Waals surface area contributed by atoms with Crippen LogP contribution in [0, 0.1) is 10.1 Å². The Morgan fingerprint density at radius 2 is 2.16 bits per heavy atom. The lowest BCUT2D eigenvalue weighted by molar-refractivity contribution is -0.384. The molecule has 6 heteroatoms. The fraction of sp³-hybridized carbons (Fsp3) is 0.538. The van der Waals surface area contributed by atoms with Crippen LogP contribution in [0.5, 0.6) is 0 Å². The van der Waals surface area contributed by atoms with Gasteiger partial charge in [0.1, 0.15) is 5.69 Å². The van der Waals surface area contributed by atoms with Crippen molar-refractivity contribution in [2.45, 2.75) is 26.4 Å². The van der Waals surface area contributed by atoms with Crippen molar-refractivity contribution in [1.29, 1.82) is 0 Å². The first-order valence-electron chi connectivity index (χ1n) is 6.33. The van der Waals surface area contributed by atoms with Gasteiger partial charge in [0.15, 0.2) is 0 Å². The second kappa shape index (κ2) is 7.06. The molecule has 106 valence electrons. The topological polar surface area (TPSA) is 86.8 Å². The third kappa shape index (κ3) is 3.90. The normalized spacial score (nSPS) is 12.2. The number of aliphatic hydroxyl groups is 2. The van der Waals surface area contributed by atoms with E-state index in [9.17, 15) is 15.2 Å². The van der Waals surface area contributed by atoms with E-state index in [1.807, 2.05) is 11.8 Å². The van der Waals surface area contributed by atoms with Crippen LogP contribution in [-0.4, -0.2) is 34.8 Å². The molecule has 0 aliphatic carbocycles. The van der Waals surface area contributed by atoms with E-state index in [2.05, 4.69) is 0 Å². The maximum atomic E-state index is 11.1. The summed E-state index contributed by atoms with van der Waals surface area (Å²) in [6.45, 7) is 4.71. The van der Waals surface area contributed by atoms with Gasteiger partial charge in [-0.05, 0) is 31.9 Å². The van der Waals surface area contributed by atoms with Gasteiger partial charge >= 0.3 is 0 Å². The van der Waals surface area contributed by atoms with Crippen LogP contribution < -0.4 is 4.90 Å². The van der Waals surface area contributed by atoms with E-state index in [1.54, 1.807) is 19.1 Å². The van der Waals surface area contributed by atoms with E-state index >= 15 is 0 Å². The number of hydrogen-bond donors (Lipinski definition) is 2. The van der Waals surface area contributed by atoms with Gasteiger partial charge in [-0.2, -0.15) is 0 Å². The Kier molecular flexibility index (Phi) is 5.72. The van der Waals surface area contributed by atoms with Crippen LogP contribution in [0.1, 0.15) is 31.9 Å². The van der Waals surface area contributed by atoms with E-state index in [0.29, 0.717) is 30.8 Å². The summed E-state index contributed by atoms with van der Waals surface area (Å²) in [7, 11) is 0. The standard InChI is InChI=1S/C13H20N2O4/c1-3-14(7-4-8-16)12-6-5-11(10(2)17)9-13(12)15(18)19/h5-6,9-10,16-17H,3-4,7-8H2,1-2H3/t10-/m0/s1. The van der Waals surface area contributed by atoms with Gasteiger partial charge in [-0.25, -0.2) is 0 Å². The van der Waals surface area contributed by atoms with Crippen molar-refractivity contribution in [2.75, 3.05) is 24.6 Å². The molecular formula is C13H20N2O4. The van der Waals surface area contributed by atoms with Crippen molar-refractivity contribution in [3.8, 4) is 0 Å². The molecule has 1 aromatic carbocycles. The first-order chi connectivity index (χ1) is 9.01. The molecule has 0 fully saturated rings. The van der Waals surface area contributed by atoms with Gasteiger partial charge in [-0.3, -0.25) is 10.1 Å². The van der Waals surface area contributed by atoms with Gasteiger partial charge in [-0.1, -0.05) is 6.07 Å². The van der Waals surface area contributed by atoms with E-state index in [4.69, 9.17) is 5.11 Å². The number of benzene rings is 1. The second-order valence-corrected chi connectivity index (χ2v) is 4.34. The first-order valence-corrected chi connectivity index (χ1v) is 6.33. The Morgan fingerprint density at radius 3 is 2.63 bits per heavy atom. The van der Waals surface area contributed by atoms with Gasteiger partial charge in [0.05, 0.1) is 11.0 Å². The van der Waals surface area contributed by atoms with Crippen molar-refractivity contribution in [3.63, 3.8) is 0 Å². The summed E-state index contributed by atoms with van der Waals surface area (Å²) in [5, 5.41) is 29.5. The Hall–Kier alpha value is -1.66. The average Bonchev–Trinajstić information content (AvgIpc) is 2.39. The Morgan fingerprint density at radius 1 is 1.47 bits per heavy atom. The number of anilines is 1. The first kappa shape index (κ1) is 15.4. The second-order valence-electron chi connectivity index (χ2n) is 4.34. The molecule has 1 atom stereocenters. The van der Waals surface area contributed by atoms with Crippen LogP contribution in [-0.2, 0) is 0 Å². The molecular weight excluding hydrogens is 248 g/mol. The van der Waals surface area contributed by atoms with Crippen LogP contribution in [0.2, 0.25) is 0 Å². The maximum Gasteiger partial charge on any atom is 0.292 e. The number of hydrogen-bond acceptors (Lipinski definition) is 5. The molecule has 6 nitrogen and oxygen atoms in total. The molecule has 19 heavy (non-hydrogen) atoms. The van der Waals surface area contributed by atoms with Crippen molar-refractivity contribution < 1.29 is 15.1 Å². The highest BCUT2D eigenvalue weighted by Gasteiger charge is 2.20. The molecule has 0 amide bonds.